The highest BCUT2D eigenvalue weighted by Crippen LogP contribution is 2.33. The van der Waals surface area contributed by atoms with E-state index in [1.807, 2.05) is 0 Å². The molecule has 1 aliphatic rings. The van der Waals surface area contributed by atoms with E-state index in [9.17, 15) is 0 Å². The first kappa shape index (κ1) is 10.5. The van der Waals surface area contributed by atoms with Gasteiger partial charge in [-0.1, -0.05) is 12.8 Å². The summed E-state index contributed by atoms with van der Waals surface area (Å²) in [5.41, 5.74) is 0. The molecule has 1 N–H and O–H groups in total. The third-order valence-electron chi connectivity index (χ3n) is 2.59. The molecule has 1 fully saturated rings. The van der Waals surface area contributed by atoms with Crippen LogP contribution in [0.5, 0.6) is 0 Å². The number of nitriles is 1. The summed E-state index contributed by atoms with van der Waals surface area (Å²) in [7, 11) is 0. The number of nitrogens with zero attached hydrogens (tertiary/aromatic N) is 1. The molecule has 0 spiro atoms. The SMILES string of the molecule is CC(CC1CC1)NCCCCC#N. The van der Waals surface area contributed by atoms with Crippen molar-refractivity contribution in [2.45, 2.75) is 51.5 Å². The van der Waals surface area contributed by atoms with Crippen LogP contribution in [-0.4, -0.2) is 12.6 Å². The van der Waals surface area contributed by atoms with Gasteiger partial charge in [-0.05, 0) is 38.6 Å². The Morgan fingerprint density at radius 2 is 2.23 bits per heavy atom. The first-order valence-corrected chi connectivity index (χ1v) is 5.43. The molecule has 0 amide bonds. The second-order valence-corrected chi connectivity index (χ2v) is 4.15. The van der Waals surface area contributed by atoms with Crippen LogP contribution in [0.4, 0.5) is 0 Å². The molecule has 74 valence electrons. The highest BCUT2D eigenvalue weighted by Gasteiger charge is 2.22. The lowest BCUT2D eigenvalue weighted by molar-refractivity contribution is 0.479. The zero-order valence-corrected chi connectivity index (χ0v) is 8.55. The molecule has 13 heavy (non-hydrogen) atoms. The molecule has 2 heteroatoms. The lowest BCUT2D eigenvalue weighted by atomic mass is 10.1. The van der Waals surface area contributed by atoms with Crippen LogP contribution >= 0.6 is 0 Å². The number of hydrogen-bond acceptors (Lipinski definition) is 2. The number of hydrogen-bond donors (Lipinski definition) is 1. The molecule has 0 saturated heterocycles. The van der Waals surface area contributed by atoms with E-state index < -0.39 is 0 Å². The molecular weight excluding hydrogens is 160 g/mol. The largest absolute Gasteiger partial charge is 0.314 e. The van der Waals surface area contributed by atoms with Gasteiger partial charge in [0.1, 0.15) is 0 Å². The van der Waals surface area contributed by atoms with E-state index in [-0.39, 0.29) is 0 Å². The Balaban J connectivity index is 1.83. The summed E-state index contributed by atoms with van der Waals surface area (Å²) in [5.74, 6) is 1.02. The molecule has 0 aromatic heterocycles. The van der Waals surface area contributed by atoms with Gasteiger partial charge in [0.2, 0.25) is 0 Å². The van der Waals surface area contributed by atoms with E-state index in [1.165, 1.54) is 19.3 Å². The number of rotatable bonds is 7. The van der Waals surface area contributed by atoms with Crippen molar-refractivity contribution in [3.8, 4) is 6.07 Å². The third-order valence-corrected chi connectivity index (χ3v) is 2.59. The maximum absolute atomic E-state index is 8.33. The molecule has 0 radical (unpaired) electrons. The van der Waals surface area contributed by atoms with Crippen molar-refractivity contribution in [1.82, 2.24) is 5.32 Å². The smallest absolute Gasteiger partial charge is 0.0621 e. The maximum Gasteiger partial charge on any atom is 0.0621 e. The second kappa shape index (κ2) is 5.99. The fraction of sp³-hybridized carbons (Fsp3) is 0.909. The van der Waals surface area contributed by atoms with Crippen LogP contribution in [0.25, 0.3) is 0 Å². The van der Waals surface area contributed by atoms with E-state index in [0.717, 1.165) is 25.3 Å². The van der Waals surface area contributed by atoms with Crippen molar-refractivity contribution in [3.63, 3.8) is 0 Å². The minimum absolute atomic E-state index is 0.676. The van der Waals surface area contributed by atoms with Gasteiger partial charge >= 0.3 is 0 Å². The maximum atomic E-state index is 8.33. The van der Waals surface area contributed by atoms with Gasteiger partial charge in [-0.25, -0.2) is 0 Å². The molecule has 1 saturated carbocycles. The lowest BCUT2D eigenvalue weighted by Gasteiger charge is -2.12. The Morgan fingerprint density at radius 1 is 1.46 bits per heavy atom. The van der Waals surface area contributed by atoms with Gasteiger partial charge in [-0.3, -0.25) is 0 Å². The second-order valence-electron chi connectivity index (χ2n) is 4.15. The minimum atomic E-state index is 0.676. The van der Waals surface area contributed by atoms with Gasteiger partial charge in [0.25, 0.3) is 0 Å². The zero-order chi connectivity index (χ0) is 9.52. The first-order valence-electron chi connectivity index (χ1n) is 5.43. The highest BCUT2D eigenvalue weighted by atomic mass is 14.9. The van der Waals surface area contributed by atoms with E-state index in [4.69, 9.17) is 5.26 Å². The number of nitrogens with one attached hydrogen (secondary N) is 1. The van der Waals surface area contributed by atoms with Crippen molar-refractivity contribution < 1.29 is 0 Å². The van der Waals surface area contributed by atoms with Crippen molar-refractivity contribution in [2.24, 2.45) is 5.92 Å². The lowest BCUT2D eigenvalue weighted by Crippen LogP contribution is -2.27. The van der Waals surface area contributed by atoms with Crippen LogP contribution in [0.2, 0.25) is 0 Å². The molecule has 0 bridgehead atoms. The Hall–Kier alpha value is -0.550. The van der Waals surface area contributed by atoms with Crippen LogP contribution in [0.3, 0.4) is 0 Å². The summed E-state index contributed by atoms with van der Waals surface area (Å²) in [6, 6.07) is 2.85. The Labute approximate surface area is 81.3 Å². The summed E-state index contributed by atoms with van der Waals surface area (Å²) in [4.78, 5) is 0. The van der Waals surface area contributed by atoms with E-state index >= 15 is 0 Å². The first-order chi connectivity index (χ1) is 6.33. The molecule has 0 heterocycles. The summed E-state index contributed by atoms with van der Waals surface area (Å²) in [5, 5.41) is 11.8. The van der Waals surface area contributed by atoms with Crippen LogP contribution < -0.4 is 5.32 Å². The van der Waals surface area contributed by atoms with Crippen molar-refractivity contribution in [3.05, 3.63) is 0 Å². The molecular formula is C11H20N2. The summed E-state index contributed by atoms with van der Waals surface area (Å²) < 4.78 is 0. The van der Waals surface area contributed by atoms with Gasteiger partial charge in [0, 0.05) is 12.5 Å². The quantitative estimate of drug-likeness (QED) is 0.611. The van der Waals surface area contributed by atoms with Gasteiger partial charge < -0.3 is 5.32 Å². The van der Waals surface area contributed by atoms with Crippen molar-refractivity contribution in [2.75, 3.05) is 6.54 Å². The predicted octanol–water partition coefficient (Wildman–Crippen LogP) is 2.46. The zero-order valence-electron chi connectivity index (χ0n) is 8.55. The van der Waals surface area contributed by atoms with Crippen molar-refractivity contribution in [1.29, 1.82) is 5.26 Å². The monoisotopic (exact) mass is 180 g/mol. The van der Waals surface area contributed by atoms with Crippen molar-refractivity contribution >= 4 is 0 Å². The molecule has 1 unspecified atom stereocenters. The van der Waals surface area contributed by atoms with Crippen LogP contribution in [-0.2, 0) is 0 Å². The van der Waals surface area contributed by atoms with Crippen LogP contribution in [0.15, 0.2) is 0 Å². The summed E-state index contributed by atoms with van der Waals surface area (Å²) in [6.07, 6.45) is 7.13. The van der Waals surface area contributed by atoms with Gasteiger partial charge in [-0.2, -0.15) is 5.26 Å². The van der Waals surface area contributed by atoms with Gasteiger partial charge in [-0.15, -0.1) is 0 Å². The van der Waals surface area contributed by atoms with Crippen LogP contribution in [0, 0.1) is 17.2 Å². The van der Waals surface area contributed by atoms with E-state index in [0.29, 0.717) is 12.5 Å². The molecule has 1 atom stereocenters. The predicted molar refractivity (Wildman–Crippen MR) is 54.3 cm³/mol. The Kier molecular flexibility index (Phi) is 4.85. The Bertz CT molecular complexity index is 167. The average molecular weight is 180 g/mol. The molecule has 1 rings (SSSR count). The minimum Gasteiger partial charge on any atom is -0.314 e. The third kappa shape index (κ3) is 5.65. The normalized spacial score (nSPS) is 18.2. The molecule has 0 aliphatic heterocycles. The molecule has 1 aliphatic carbocycles. The number of unbranched alkanes of at least 4 members (excludes halogenated alkanes) is 2. The van der Waals surface area contributed by atoms with E-state index in [1.54, 1.807) is 0 Å². The topological polar surface area (TPSA) is 35.8 Å². The highest BCUT2D eigenvalue weighted by molar-refractivity contribution is 4.78. The molecule has 0 aromatic carbocycles. The van der Waals surface area contributed by atoms with Crippen LogP contribution in [0.1, 0.15) is 45.4 Å². The van der Waals surface area contributed by atoms with Gasteiger partial charge in [0.15, 0.2) is 0 Å². The fourth-order valence-electron chi connectivity index (χ4n) is 1.61. The summed E-state index contributed by atoms with van der Waals surface area (Å²) in [6.45, 7) is 3.35. The fourth-order valence-corrected chi connectivity index (χ4v) is 1.61. The molecule has 2 nitrogen and oxygen atoms in total. The van der Waals surface area contributed by atoms with E-state index in [2.05, 4.69) is 18.3 Å². The Morgan fingerprint density at radius 3 is 2.85 bits per heavy atom. The molecule has 0 aromatic rings. The summed E-state index contributed by atoms with van der Waals surface area (Å²) >= 11 is 0. The average Bonchev–Trinajstić information content (AvgIpc) is 2.88. The van der Waals surface area contributed by atoms with Gasteiger partial charge in [0.05, 0.1) is 6.07 Å². The standard InChI is InChI=1S/C11H20N2/c1-10(9-11-5-6-11)13-8-4-2-3-7-12/h10-11,13H,2-6,8-9H2,1H3.